The Labute approximate surface area is 108 Å². The Balaban J connectivity index is 2.10. The normalized spacial score (nSPS) is 14.9. The highest BCUT2D eigenvalue weighted by Crippen LogP contribution is 2.23. The number of nitrogens with two attached hydrogens (primary N) is 1. The van der Waals surface area contributed by atoms with Crippen molar-refractivity contribution in [1.29, 1.82) is 0 Å². The lowest BCUT2D eigenvalue weighted by Crippen LogP contribution is -2.17. The Morgan fingerprint density at radius 2 is 2.24 bits per heavy atom. The molecule has 5 heteroatoms. The van der Waals surface area contributed by atoms with Crippen molar-refractivity contribution in [3.63, 3.8) is 0 Å². The van der Waals surface area contributed by atoms with E-state index in [1.165, 1.54) is 0 Å². The van der Waals surface area contributed by atoms with Gasteiger partial charge in [-0.3, -0.25) is 4.21 Å². The number of hydrogen-bond acceptors (Lipinski definition) is 4. The fraction of sp³-hybridized carbons (Fsp3) is 0.417. The summed E-state index contributed by atoms with van der Waals surface area (Å²) >= 11 is 1.63. The third kappa shape index (κ3) is 3.12. The van der Waals surface area contributed by atoms with Gasteiger partial charge in [-0.1, -0.05) is 19.1 Å². The molecule has 0 spiro atoms. The fourth-order valence-corrected chi connectivity index (χ4v) is 3.95. The van der Waals surface area contributed by atoms with E-state index in [1.54, 1.807) is 11.3 Å². The molecule has 2 unspecified atom stereocenters. The van der Waals surface area contributed by atoms with Gasteiger partial charge >= 0.3 is 0 Å². The molecular formula is C12H16N2OS2. The van der Waals surface area contributed by atoms with Crippen LogP contribution in [0.1, 0.15) is 18.4 Å². The highest BCUT2D eigenvalue weighted by atomic mass is 32.2. The lowest BCUT2D eigenvalue weighted by molar-refractivity contribution is 0.665. The number of nitrogens with zero attached hydrogens (tertiary/aromatic N) is 1. The van der Waals surface area contributed by atoms with Crippen LogP contribution in [0.5, 0.6) is 0 Å². The molecule has 3 nitrogen and oxygen atoms in total. The van der Waals surface area contributed by atoms with Crippen LogP contribution in [-0.2, 0) is 16.6 Å². The zero-order valence-corrected chi connectivity index (χ0v) is 11.4. The van der Waals surface area contributed by atoms with E-state index in [-0.39, 0.29) is 5.25 Å². The minimum Gasteiger partial charge on any atom is -0.330 e. The van der Waals surface area contributed by atoms with Gasteiger partial charge in [0.15, 0.2) is 0 Å². The Morgan fingerprint density at radius 1 is 1.47 bits per heavy atom. The molecule has 1 aromatic carbocycles. The van der Waals surface area contributed by atoms with Crippen LogP contribution in [-0.4, -0.2) is 21.0 Å². The topological polar surface area (TPSA) is 56.0 Å². The van der Waals surface area contributed by atoms with Crippen LogP contribution < -0.4 is 5.73 Å². The highest BCUT2D eigenvalue weighted by Gasteiger charge is 2.13. The van der Waals surface area contributed by atoms with Gasteiger partial charge in [0.25, 0.3) is 0 Å². The quantitative estimate of drug-likeness (QED) is 0.905. The van der Waals surface area contributed by atoms with Gasteiger partial charge in [-0.05, 0) is 25.1 Å². The largest absolute Gasteiger partial charge is 0.330 e. The fourth-order valence-electron chi connectivity index (χ4n) is 1.61. The number of thiazole rings is 1. The predicted octanol–water partition coefficient (Wildman–Crippen LogP) is 2.28. The molecule has 0 saturated heterocycles. The van der Waals surface area contributed by atoms with Gasteiger partial charge in [-0.15, -0.1) is 11.3 Å². The molecule has 2 N–H and O–H groups in total. The van der Waals surface area contributed by atoms with Crippen molar-refractivity contribution in [3.05, 3.63) is 29.3 Å². The first-order chi connectivity index (χ1) is 8.20. The number of hydrogen-bond donors (Lipinski definition) is 1. The van der Waals surface area contributed by atoms with Crippen LogP contribution in [0.25, 0.3) is 10.2 Å². The average Bonchev–Trinajstić information content (AvgIpc) is 2.71. The first-order valence-corrected chi connectivity index (χ1v) is 7.82. The summed E-state index contributed by atoms with van der Waals surface area (Å²) in [5, 5.41) is 1.10. The summed E-state index contributed by atoms with van der Waals surface area (Å²) in [6, 6.07) is 8.00. The van der Waals surface area contributed by atoms with E-state index < -0.39 is 10.8 Å². The van der Waals surface area contributed by atoms with Crippen LogP contribution in [0.2, 0.25) is 0 Å². The zero-order chi connectivity index (χ0) is 12.3. The maximum absolute atomic E-state index is 12.0. The Bertz CT molecular complexity index is 491. The third-order valence-electron chi connectivity index (χ3n) is 2.63. The molecule has 0 aliphatic carbocycles. The zero-order valence-electron chi connectivity index (χ0n) is 9.76. The molecule has 0 saturated carbocycles. The molecule has 17 heavy (non-hydrogen) atoms. The molecule has 1 aromatic heterocycles. The lowest BCUT2D eigenvalue weighted by Gasteiger charge is -2.07. The number of rotatable bonds is 5. The molecule has 92 valence electrons. The predicted molar refractivity (Wildman–Crippen MR) is 74.6 cm³/mol. The molecule has 2 rings (SSSR count). The molecule has 0 amide bonds. The maximum atomic E-state index is 12.0. The van der Waals surface area contributed by atoms with Gasteiger partial charge in [-0.25, -0.2) is 4.98 Å². The van der Waals surface area contributed by atoms with Gasteiger partial charge < -0.3 is 5.73 Å². The summed E-state index contributed by atoms with van der Waals surface area (Å²) in [5.41, 5.74) is 6.47. The van der Waals surface area contributed by atoms with E-state index in [4.69, 9.17) is 5.73 Å². The number of para-hydroxylation sites is 1. The minimum absolute atomic E-state index is 0.145. The van der Waals surface area contributed by atoms with Crippen molar-refractivity contribution in [2.75, 3.05) is 6.54 Å². The van der Waals surface area contributed by atoms with Crippen molar-refractivity contribution in [2.45, 2.75) is 24.3 Å². The van der Waals surface area contributed by atoms with E-state index in [0.717, 1.165) is 21.6 Å². The van der Waals surface area contributed by atoms with Crippen molar-refractivity contribution in [1.82, 2.24) is 4.98 Å². The molecule has 2 atom stereocenters. The lowest BCUT2D eigenvalue weighted by atomic mass is 10.3. The van der Waals surface area contributed by atoms with Crippen LogP contribution >= 0.6 is 11.3 Å². The van der Waals surface area contributed by atoms with Crippen LogP contribution in [0.15, 0.2) is 24.3 Å². The van der Waals surface area contributed by atoms with Gasteiger partial charge in [0.05, 0.1) is 16.0 Å². The monoisotopic (exact) mass is 268 g/mol. The number of benzene rings is 1. The second-order valence-corrected chi connectivity index (χ2v) is 6.96. The average molecular weight is 268 g/mol. The number of fused-ring (bicyclic) bond motifs is 1. The third-order valence-corrected chi connectivity index (χ3v) is 5.54. The van der Waals surface area contributed by atoms with Gasteiger partial charge in [0, 0.05) is 16.0 Å². The Hall–Kier alpha value is -0.780. The number of aromatic nitrogens is 1. The summed E-state index contributed by atoms with van der Waals surface area (Å²) in [7, 11) is -0.874. The van der Waals surface area contributed by atoms with Crippen molar-refractivity contribution >= 4 is 32.4 Å². The summed E-state index contributed by atoms with van der Waals surface area (Å²) in [6.07, 6.45) is 0.803. The summed E-state index contributed by atoms with van der Waals surface area (Å²) < 4.78 is 13.2. The second-order valence-electron chi connectivity index (χ2n) is 3.99. The van der Waals surface area contributed by atoms with Crippen LogP contribution in [0.3, 0.4) is 0 Å². The summed E-state index contributed by atoms with van der Waals surface area (Å²) in [6.45, 7) is 2.57. The molecule has 0 bridgehead atoms. The smallest absolute Gasteiger partial charge is 0.106 e. The van der Waals surface area contributed by atoms with E-state index in [9.17, 15) is 4.21 Å². The summed E-state index contributed by atoms with van der Waals surface area (Å²) in [5.74, 6) is 0.542. The Morgan fingerprint density at radius 3 is 2.94 bits per heavy atom. The molecule has 2 aromatic rings. The van der Waals surface area contributed by atoms with E-state index in [0.29, 0.717) is 12.3 Å². The highest BCUT2D eigenvalue weighted by molar-refractivity contribution is 7.85. The van der Waals surface area contributed by atoms with E-state index in [1.807, 2.05) is 31.2 Å². The molecule has 0 aliphatic heterocycles. The van der Waals surface area contributed by atoms with Gasteiger partial charge in [0.1, 0.15) is 5.01 Å². The molecular weight excluding hydrogens is 252 g/mol. The van der Waals surface area contributed by atoms with Crippen molar-refractivity contribution in [3.8, 4) is 0 Å². The van der Waals surface area contributed by atoms with Gasteiger partial charge in [0.2, 0.25) is 0 Å². The Kier molecular flexibility index (Phi) is 4.25. The van der Waals surface area contributed by atoms with Gasteiger partial charge in [-0.2, -0.15) is 0 Å². The molecule has 0 fully saturated rings. The van der Waals surface area contributed by atoms with Crippen LogP contribution in [0.4, 0.5) is 0 Å². The molecule has 1 heterocycles. The van der Waals surface area contributed by atoms with E-state index >= 15 is 0 Å². The first-order valence-electron chi connectivity index (χ1n) is 5.62. The maximum Gasteiger partial charge on any atom is 0.106 e. The molecule has 0 radical (unpaired) electrons. The second kappa shape index (κ2) is 5.71. The minimum atomic E-state index is -0.874. The standard InChI is InChI=1S/C12H16N2OS2/c1-9(6-7-13)17(15)8-12-14-10-4-2-3-5-11(10)16-12/h2-5,9H,6-8,13H2,1H3. The SMILES string of the molecule is CC(CCN)S(=O)Cc1nc2ccccc2s1. The summed E-state index contributed by atoms with van der Waals surface area (Å²) in [4.78, 5) is 4.49. The van der Waals surface area contributed by atoms with E-state index in [2.05, 4.69) is 4.98 Å². The first kappa shape index (κ1) is 12.7. The van der Waals surface area contributed by atoms with Crippen molar-refractivity contribution < 1.29 is 4.21 Å². The van der Waals surface area contributed by atoms with Crippen LogP contribution in [0, 0.1) is 0 Å². The van der Waals surface area contributed by atoms with Crippen molar-refractivity contribution in [2.24, 2.45) is 5.73 Å². The molecule has 0 aliphatic rings.